The summed E-state index contributed by atoms with van der Waals surface area (Å²) in [6.45, 7) is 6.81. The van der Waals surface area contributed by atoms with Crippen LogP contribution in [0, 0.1) is 5.82 Å². The Labute approximate surface area is 177 Å². The maximum absolute atomic E-state index is 14.8. The van der Waals surface area contributed by atoms with Crippen molar-refractivity contribution in [3.8, 4) is 16.9 Å². The molecule has 0 radical (unpaired) electrons. The topological polar surface area (TPSA) is 64.8 Å². The van der Waals surface area contributed by atoms with E-state index in [9.17, 15) is 9.18 Å². The Hall–Kier alpha value is -2.76. The molecule has 1 spiro atoms. The van der Waals surface area contributed by atoms with Crippen LogP contribution in [0.1, 0.15) is 45.6 Å². The van der Waals surface area contributed by atoms with E-state index >= 15 is 0 Å². The summed E-state index contributed by atoms with van der Waals surface area (Å²) < 4.78 is 26.6. The number of carbonyl (C=O) groups excluding carboxylic acids is 1. The van der Waals surface area contributed by atoms with E-state index in [4.69, 9.17) is 15.2 Å². The lowest BCUT2D eigenvalue weighted by Gasteiger charge is -2.28. The van der Waals surface area contributed by atoms with Crippen molar-refractivity contribution in [2.45, 2.75) is 57.7 Å². The van der Waals surface area contributed by atoms with Crippen LogP contribution in [0.25, 0.3) is 11.1 Å². The highest BCUT2D eigenvalue weighted by Crippen LogP contribution is 2.43. The third-order valence-corrected chi connectivity index (χ3v) is 5.76. The van der Waals surface area contributed by atoms with E-state index in [1.165, 1.54) is 6.07 Å². The zero-order chi connectivity index (χ0) is 21.5. The van der Waals surface area contributed by atoms with Gasteiger partial charge in [0.1, 0.15) is 22.8 Å². The molecule has 0 aliphatic carbocycles. The first-order valence-corrected chi connectivity index (χ1v) is 10.5. The van der Waals surface area contributed by atoms with Crippen molar-refractivity contribution >= 4 is 11.8 Å². The first-order valence-electron chi connectivity index (χ1n) is 10.5. The molecule has 2 aliphatic rings. The van der Waals surface area contributed by atoms with Crippen molar-refractivity contribution < 1.29 is 18.7 Å². The van der Waals surface area contributed by atoms with Crippen LogP contribution in [-0.2, 0) is 11.2 Å². The van der Waals surface area contributed by atoms with Crippen molar-refractivity contribution in [2.75, 3.05) is 18.8 Å². The Kier molecular flexibility index (Phi) is 5.12. The van der Waals surface area contributed by atoms with Crippen LogP contribution in [0.5, 0.6) is 5.75 Å². The van der Waals surface area contributed by atoms with Crippen molar-refractivity contribution in [3.63, 3.8) is 0 Å². The number of hydrogen-bond donors (Lipinski definition) is 1. The van der Waals surface area contributed by atoms with Crippen molar-refractivity contribution in [3.05, 3.63) is 47.8 Å². The number of anilines is 1. The van der Waals surface area contributed by atoms with Gasteiger partial charge in [-0.05, 0) is 62.9 Å². The second-order valence-electron chi connectivity index (χ2n) is 9.34. The molecule has 30 heavy (non-hydrogen) atoms. The fourth-order valence-corrected chi connectivity index (χ4v) is 4.29. The summed E-state index contributed by atoms with van der Waals surface area (Å²) in [6.07, 6.45) is 2.76. The van der Waals surface area contributed by atoms with Gasteiger partial charge in [0.15, 0.2) is 0 Å². The van der Waals surface area contributed by atoms with E-state index in [1.54, 1.807) is 17.0 Å². The molecule has 0 aromatic heterocycles. The lowest BCUT2D eigenvalue weighted by atomic mass is 9.89. The van der Waals surface area contributed by atoms with Crippen LogP contribution in [0.4, 0.5) is 14.9 Å². The highest BCUT2D eigenvalue weighted by Gasteiger charge is 2.42. The second kappa shape index (κ2) is 7.49. The maximum Gasteiger partial charge on any atom is 0.410 e. The SMILES string of the molecule is CC(C)(C)OC(=O)N1CCCC2(CC1)Cc1cc(-c3ccc(N)cc3)c(F)cc1O2. The number of rotatable bonds is 1. The lowest BCUT2D eigenvalue weighted by molar-refractivity contribution is 0.0235. The van der Waals surface area contributed by atoms with E-state index in [-0.39, 0.29) is 11.9 Å². The Morgan fingerprint density at radius 2 is 1.90 bits per heavy atom. The summed E-state index contributed by atoms with van der Waals surface area (Å²) in [5.41, 5.74) is 7.85. The molecule has 160 valence electrons. The van der Waals surface area contributed by atoms with Gasteiger partial charge in [-0.1, -0.05) is 12.1 Å². The molecule has 2 N–H and O–H groups in total. The molecule has 1 fully saturated rings. The predicted octanol–water partition coefficient (Wildman–Crippen LogP) is 5.17. The van der Waals surface area contributed by atoms with E-state index in [0.29, 0.717) is 42.9 Å². The number of benzene rings is 2. The van der Waals surface area contributed by atoms with Crippen molar-refractivity contribution in [1.29, 1.82) is 0 Å². The third kappa shape index (κ3) is 4.23. The number of nitrogens with zero attached hydrogens (tertiary/aromatic N) is 1. The van der Waals surface area contributed by atoms with Gasteiger partial charge in [0.25, 0.3) is 0 Å². The van der Waals surface area contributed by atoms with Gasteiger partial charge < -0.3 is 20.1 Å². The molecule has 0 saturated carbocycles. The number of hydrogen-bond acceptors (Lipinski definition) is 4. The summed E-state index contributed by atoms with van der Waals surface area (Å²) in [4.78, 5) is 14.2. The number of nitrogen functional groups attached to an aromatic ring is 1. The van der Waals surface area contributed by atoms with Crippen LogP contribution in [0.2, 0.25) is 0 Å². The molecular weight excluding hydrogens is 383 g/mol. The highest BCUT2D eigenvalue weighted by molar-refractivity contribution is 5.69. The average molecular weight is 413 g/mol. The smallest absolute Gasteiger partial charge is 0.410 e. The van der Waals surface area contributed by atoms with Crippen LogP contribution >= 0.6 is 0 Å². The first kappa shape index (κ1) is 20.5. The predicted molar refractivity (Wildman–Crippen MR) is 115 cm³/mol. The van der Waals surface area contributed by atoms with Gasteiger partial charge in [0.05, 0.1) is 0 Å². The van der Waals surface area contributed by atoms with E-state index < -0.39 is 11.2 Å². The third-order valence-electron chi connectivity index (χ3n) is 5.76. The number of carbonyl (C=O) groups is 1. The van der Waals surface area contributed by atoms with Crippen LogP contribution in [-0.4, -0.2) is 35.3 Å². The largest absolute Gasteiger partial charge is 0.486 e. The summed E-state index contributed by atoms with van der Waals surface area (Å²) >= 11 is 0. The fourth-order valence-electron chi connectivity index (χ4n) is 4.29. The van der Waals surface area contributed by atoms with Gasteiger partial charge in [0, 0.05) is 43.2 Å². The van der Waals surface area contributed by atoms with E-state index in [2.05, 4.69) is 0 Å². The van der Waals surface area contributed by atoms with Crippen LogP contribution < -0.4 is 10.5 Å². The van der Waals surface area contributed by atoms with Gasteiger partial charge in [-0.2, -0.15) is 0 Å². The molecule has 2 heterocycles. The molecule has 6 heteroatoms. The van der Waals surface area contributed by atoms with Gasteiger partial charge in [-0.25, -0.2) is 9.18 Å². The Morgan fingerprint density at radius 1 is 1.17 bits per heavy atom. The molecule has 1 unspecified atom stereocenters. The summed E-state index contributed by atoms with van der Waals surface area (Å²) in [5.74, 6) is 0.303. The summed E-state index contributed by atoms with van der Waals surface area (Å²) in [7, 11) is 0. The van der Waals surface area contributed by atoms with Crippen LogP contribution in [0.15, 0.2) is 36.4 Å². The number of fused-ring (bicyclic) bond motifs is 1. The molecule has 2 aliphatic heterocycles. The average Bonchev–Trinajstić information content (AvgIpc) is 2.86. The number of halogens is 1. The molecule has 1 atom stereocenters. The minimum Gasteiger partial charge on any atom is -0.486 e. The quantitative estimate of drug-likeness (QED) is 0.657. The number of amides is 1. The molecular formula is C24H29FN2O3. The standard InChI is InChI=1S/C24H29FN2O3/c1-23(2,3)30-22(28)27-11-4-9-24(10-12-27)15-17-13-19(20(25)14-21(17)29-24)16-5-7-18(26)8-6-16/h5-8,13-14H,4,9-12,15,26H2,1-3H3. The minimum atomic E-state index is -0.517. The molecule has 2 aromatic carbocycles. The second-order valence-corrected chi connectivity index (χ2v) is 9.34. The first-order chi connectivity index (χ1) is 14.1. The zero-order valence-corrected chi connectivity index (χ0v) is 17.8. The molecule has 5 nitrogen and oxygen atoms in total. The summed E-state index contributed by atoms with van der Waals surface area (Å²) in [5, 5.41) is 0. The number of likely N-dealkylation sites (tertiary alicyclic amines) is 1. The molecule has 1 saturated heterocycles. The monoisotopic (exact) mass is 412 g/mol. The van der Waals surface area contributed by atoms with Gasteiger partial charge >= 0.3 is 6.09 Å². The highest BCUT2D eigenvalue weighted by atomic mass is 19.1. The Morgan fingerprint density at radius 3 is 2.60 bits per heavy atom. The van der Waals surface area contributed by atoms with E-state index in [1.807, 2.05) is 39.0 Å². The van der Waals surface area contributed by atoms with Crippen molar-refractivity contribution in [1.82, 2.24) is 4.90 Å². The Balaban J connectivity index is 1.51. The molecule has 1 amide bonds. The van der Waals surface area contributed by atoms with Crippen molar-refractivity contribution in [2.24, 2.45) is 0 Å². The van der Waals surface area contributed by atoms with E-state index in [0.717, 1.165) is 24.0 Å². The van der Waals surface area contributed by atoms with Gasteiger partial charge in [-0.3, -0.25) is 0 Å². The number of ether oxygens (including phenoxy) is 2. The maximum atomic E-state index is 14.8. The Bertz CT molecular complexity index is 952. The number of nitrogens with two attached hydrogens (primary N) is 1. The zero-order valence-electron chi connectivity index (χ0n) is 17.8. The summed E-state index contributed by atoms with van der Waals surface area (Å²) in [6, 6.07) is 10.6. The van der Waals surface area contributed by atoms with Gasteiger partial charge in [-0.15, -0.1) is 0 Å². The fraction of sp³-hybridized carbons (Fsp3) is 0.458. The molecule has 0 bridgehead atoms. The normalized spacial score (nSPS) is 21.1. The molecule has 2 aromatic rings. The van der Waals surface area contributed by atoms with Gasteiger partial charge in [0.2, 0.25) is 0 Å². The lowest BCUT2D eigenvalue weighted by Crippen LogP contribution is -2.39. The van der Waals surface area contributed by atoms with Crippen LogP contribution in [0.3, 0.4) is 0 Å². The molecule has 4 rings (SSSR count). The minimum absolute atomic E-state index is 0.285.